The van der Waals surface area contributed by atoms with E-state index in [1.54, 1.807) is 22.5 Å². The largest absolute Gasteiger partial charge is 0.363 e. The molecule has 30 heavy (non-hydrogen) atoms. The summed E-state index contributed by atoms with van der Waals surface area (Å²) < 4.78 is 40.9. The Bertz CT molecular complexity index is 1110. The summed E-state index contributed by atoms with van der Waals surface area (Å²) >= 11 is 6.28. The Labute approximate surface area is 181 Å². The molecule has 0 bridgehead atoms. The molecule has 0 N–H and O–H groups in total. The summed E-state index contributed by atoms with van der Waals surface area (Å²) in [5.74, 6) is -0.308. The number of sulfonamides is 1. The minimum absolute atomic E-state index is 0.0646. The summed E-state index contributed by atoms with van der Waals surface area (Å²) in [6, 6.07) is 11.9. The molecule has 0 spiro atoms. The number of benzene rings is 2. The van der Waals surface area contributed by atoms with Crippen molar-refractivity contribution in [3.8, 4) is 6.07 Å². The number of anilines is 1. The topological polar surface area (TPSA) is 64.4 Å². The van der Waals surface area contributed by atoms with Crippen molar-refractivity contribution in [3.05, 3.63) is 63.9 Å². The molecule has 1 saturated carbocycles. The zero-order valence-electron chi connectivity index (χ0n) is 16.7. The van der Waals surface area contributed by atoms with Crippen LogP contribution in [0.2, 0.25) is 5.02 Å². The van der Waals surface area contributed by atoms with E-state index in [9.17, 15) is 18.1 Å². The number of aryl methyl sites for hydroxylation is 1. The Morgan fingerprint density at radius 3 is 2.67 bits per heavy atom. The highest BCUT2D eigenvalue weighted by Gasteiger charge is 2.43. The molecule has 2 aliphatic rings. The van der Waals surface area contributed by atoms with Crippen LogP contribution in [-0.2, 0) is 16.6 Å². The van der Waals surface area contributed by atoms with Crippen molar-refractivity contribution < 1.29 is 12.8 Å². The molecule has 1 heterocycles. The van der Waals surface area contributed by atoms with Gasteiger partial charge in [-0.2, -0.15) is 9.57 Å². The van der Waals surface area contributed by atoms with E-state index in [0.29, 0.717) is 36.6 Å². The van der Waals surface area contributed by atoms with Crippen LogP contribution in [0.5, 0.6) is 0 Å². The van der Waals surface area contributed by atoms with Crippen LogP contribution in [0, 0.1) is 24.1 Å². The molecule has 1 aliphatic heterocycles. The lowest BCUT2D eigenvalue weighted by molar-refractivity contribution is 0.467. The average molecular weight is 448 g/mol. The first-order chi connectivity index (χ1) is 14.3. The van der Waals surface area contributed by atoms with Gasteiger partial charge in [0.15, 0.2) is 0 Å². The van der Waals surface area contributed by atoms with Gasteiger partial charge in [0.1, 0.15) is 11.9 Å². The zero-order valence-corrected chi connectivity index (χ0v) is 18.3. The van der Waals surface area contributed by atoms with Crippen molar-refractivity contribution in [1.82, 2.24) is 4.31 Å². The fourth-order valence-electron chi connectivity index (χ4n) is 3.97. The molecule has 0 unspecified atom stereocenters. The smallest absolute Gasteiger partial charge is 0.217 e. The maximum Gasteiger partial charge on any atom is 0.217 e. The van der Waals surface area contributed by atoms with Gasteiger partial charge in [0, 0.05) is 31.4 Å². The predicted molar refractivity (Wildman–Crippen MR) is 115 cm³/mol. The fraction of sp³-hybridized carbons (Fsp3) is 0.409. The second-order valence-electron chi connectivity index (χ2n) is 8.02. The minimum Gasteiger partial charge on any atom is -0.363 e. The standard InChI is InChI=1S/C22H23ClFN3O2S/c1-15-2-4-18(24)10-17(15)13-27(19-5-3-16(12-25)22(23)11-19)20-8-9-26(14-20)30(28,29)21-6-7-21/h2-5,10-11,20-21H,6-9,13-14H2,1H3/t20-/m0/s1. The van der Waals surface area contributed by atoms with Crippen molar-refractivity contribution in [1.29, 1.82) is 5.26 Å². The summed E-state index contributed by atoms with van der Waals surface area (Å²) in [6.45, 7) is 3.22. The van der Waals surface area contributed by atoms with Gasteiger partial charge in [0.05, 0.1) is 15.8 Å². The van der Waals surface area contributed by atoms with E-state index in [4.69, 9.17) is 11.6 Å². The minimum atomic E-state index is -3.24. The number of hydrogen-bond acceptors (Lipinski definition) is 4. The van der Waals surface area contributed by atoms with E-state index < -0.39 is 10.0 Å². The molecule has 2 aromatic carbocycles. The second kappa shape index (κ2) is 8.18. The average Bonchev–Trinajstić information content (AvgIpc) is 3.46. The maximum atomic E-state index is 13.9. The van der Waals surface area contributed by atoms with Crippen LogP contribution in [0.3, 0.4) is 0 Å². The van der Waals surface area contributed by atoms with Gasteiger partial charge in [-0.25, -0.2) is 12.8 Å². The highest BCUT2D eigenvalue weighted by Crippen LogP contribution is 2.35. The maximum absolute atomic E-state index is 13.9. The van der Waals surface area contributed by atoms with E-state index in [2.05, 4.69) is 11.0 Å². The lowest BCUT2D eigenvalue weighted by Gasteiger charge is -2.32. The molecule has 0 aromatic heterocycles. The van der Waals surface area contributed by atoms with Gasteiger partial charge in [0.25, 0.3) is 0 Å². The summed E-state index contributed by atoms with van der Waals surface area (Å²) in [6.07, 6.45) is 2.15. The second-order valence-corrected chi connectivity index (χ2v) is 10.6. The summed E-state index contributed by atoms with van der Waals surface area (Å²) in [5.41, 5.74) is 2.96. The zero-order chi connectivity index (χ0) is 21.5. The van der Waals surface area contributed by atoms with Crippen LogP contribution in [0.1, 0.15) is 36.0 Å². The molecule has 8 heteroatoms. The molecule has 2 fully saturated rings. The molecule has 1 aliphatic carbocycles. The molecule has 1 atom stereocenters. The summed E-state index contributed by atoms with van der Waals surface area (Å²) in [7, 11) is -3.24. The normalized spacial score (nSPS) is 19.6. The number of rotatable bonds is 6. The van der Waals surface area contributed by atoms with Gasteiger partial charge in [-0.15, -0.1) is 0 Å². The van der Waals surface area contributed by atoms with Crippen molar-refractivity contribution in [3.63, 3.8) is 0 Å². The molecular weight excluding hydrogens is 425 g/mol. The van der Waals surface area contributed by atoms with Gasteiger partial charge in [-0.1, -0.05) is 17.7 Å². The highest BCUT2D eigenvalue weighted by molar-refractivity contribution is 7.90. The van der Waals surface area contributed by atoms with Gasteiger partial charge in [0.2, 0.25) is 10.0 Å². The quantitative estimate of drug-likeness (QED) is 0.664. The van der Waals surface area contributed by atoms with E-state index in [0.717, 1.165) is 29.7 Å². The SMILES string of the molecule is Cc1ccc(F)cc1CN(c1ccc(C#N)c(Cl)c1)[C@H]1CCN(S(=O)(=O)C2CC2)C1. The van der Waals surface area contributed by atoms with Gasteiger partial charge in [-0.05, 0) is 67.6 Å². The van der Waals surface area contributed by atoms with Crippen molar-refractivity contribution in [2.75, 3.05) is 18.0 Å². The molecule has 0 radical (unpaired) electrons. The van der Waals surface area contributed by atoms with E-state index in [1.165, 1.54) is 12.1 Å². The molecular formula is C22H23ClFN3O2S. The van der Waals surface area contributed by atoms with Crippen molar-refractivity contribution in [2.24, 2.45) is 0 Å². The van der Waals surface area contributed by atoms with Crippen LogP contribution in [-0.4, -0.2) is 37.1 Å². The van der Waals surface area contributed by atoms with Crippen LogP contribution in [0.15, 0.2) is 36.4 Å². The van der Waals surface area contributed by atoms with Gasteiger partial charge >= 0.3 is 0 Å². The van der Waals surface area contributed by atoms with E-state index in [-0.39, 0.29) is 17.1 Å². The van der Waals surface area contributed by atoms with E-state index in [1.807, 2.05) is 13.0 Å². The number of nitriles is 1. The number of hydrogen-bond donors (Lipinski definition) is 0. The Balaban J connectivity index is 1.66. The Kier molecular flexibility index (Phi) is 5.75. The Morgan fingerprint density at radius 1 is 1.23 bits per heavy atom. The van der Waals surface area contributed by atoms with Crippen LogP contribution in [0.25, 0.3) is 0 Å². The van der Waals surface area contributed by atoms with Gasteiger partial charge < -0.3 is 4.90 Å². The van der Waals surface area contributed by atoms with Crippen molar-refractivity contribution >= 4 is 27.3 Å². The lowest BCUT2D eigenvalue weighted by Crippen LogP contribution is -2.39. The molecule has 2 aromatic rings. The highest BCUT2D eigenvalue weighted by atomic mass is 35.5. The Morgan fingerprint density at radius 2 is 2.00 bits per heavy atom. The first-order valence-electron chi connectivity index (χ1n) is 10.00. The van der Waals surface area contributed by atoms with Gasteiger partial charge in [-0.3, -0.25) is 0 Å². The monoisotopic (exact) mass is 447 g/mol. The van der Waals surface area contributed by atoms with E-state index >= 15 is 0 Å². The molecule has 1 saturated heterocycles. The summed E-state index contributed by atoms with van der Waals surface area (Å²) in [5, 5.41) is 9.29. The van der Waals surface area contributed by atoms with Crippen LogP contribution in [0.4, 0.5) is 10.1 Å². The predicted octanol–water partition coefficient (Wildman–Crippen LogP) is 4.23. The Hall–Kier alpha value is -2.14. The van der Waals surface area contributed by atoms with Crippen LogP contribution < -0.4 is 4.90 Å². The molecule has 5 nitrogen and oxygen atoms in total. The third-order valence-corrected chi connectivity index (χ3v) is 8.61. The van der Waals surface area contributed by atoms with Crippen molar-refractivity contribution in [2.45, 2.75) is 44.0 Å². The lowest BCUT2D eigenvalue weighted by atomic mass is 10.1. The third kappa shape index (κ3) is 4.18. The van der Waals surface area contributed by atoms with Crippen LogP contribution >= 0.6 is 11.6 Å². The summed E-state index contributed by atoms with van der Waals surface area (Å²) in [4.78, 5) is 2.08. The molecule has 4 rings (SSSR count). The molecule has 0 amide bonds. The number of halogens is 2. The third-order valence-electron chi connectivity index (χ3n) is 5.93. The first-order valence-corrected chi connectivity index (χ1v) is 11.9. The fourth-order valence-corrected chi connectivity index (χ4v) is 6.08. The molecule has 158 valence electrons. The number of nitrogens with zero attached hydrogens (tertiary/aromatic N) is 3. The first kappa shape index (κ1) is 21.1.